The summed E-state index contributed by atoms with van der Waals surface area (Å²) in [6.45, 7) is 3.04. The Balaban J connectivity index is 1.84. The molecule has 0 spiro atoms. The number of nitrogens with one attached hydrogen (secondary N) is 1. The average molecular weight is 493 g/mol. The van der Waals surface area contributed by atoms with Gasteiger partial charge in [0.2, 0.25) is 34.8 Å². The molecule has 2 aromatic rings. The largest absolute Gasteiger partial charge is 0.416 e. The third kappa shape index (κ3) is 6.18. The maximum absolute atomic E-state index is 14.0. The van der Waals surface area contributed by atoms with Gasteiger partial charge in [0.05, 0.1) is 6.54 Å². The normalized spacial score (nSPS) is 14.8. The second-order valence-electron chi connectivity index (χ2n) is 7.54. The van der Waals surface area contributed by atoms with Gasteiger partial charge in [0.15, 0.2) is 10.7 Å². The molecule has 0 unspecified atom stereocenters. The van der Waals surface area contributed by atoms with Crippen LogP contribution in [0.25, 0.3) is 0 Å². The van der Waals surface area contributed by atoms with Gasteiger partial charge >= 0.3 is 5.97 Å². The van der Waals surface area contributed by atoms with E-state index in [-0.39, 0.29) is 10.7 Å². The zero-order chi connectivity index (χ0) is 24.0. The van der Waals surface area contributed by atoms with Gasteiger partial charge in [-0.2, -0.15) is 8.78 Å². The molecule has 0 atom stereocenters. The fraction of sp³-hybridized carbons (Fsp3) is 0.524. The topological polar surface area (TPSA) is 63.7 Å². The smallest absolute Gasteiger partial charge is 0.357 e. The Morgan fingerprint density at radius 3 is 2.21 bits per heavy atom. The van der Waals surface area contributed by atoms with Gasteiger partial charge in [-0.3, -0.25) is 4.90 Å². The van der Waals surface area contributed by atoms with Crippen LogP contribution in [0.15, 0.2) is 0 Å². The fourth-order valence-electron chi connectivity index (χ4n) is 3.41. The van der Waals surface area contributed by atoms with Crippen molar-refractivity contribution >= 4 is 23.1 Å². The molecule has 0 bridgehead atoms. The summed E-state index contributed by atoms with van der Waals surface area (Å²) < 4.78 is 77.8. The van der Waals surface area contributed by atoms with Crippen LogP contribution in [-0.2, 0) is 11.3 Å². The molecule has 1 aromatic carbocycles. The number of esters is 1. The van der Waals surface area contributed by atoms with E-state index in [1.807, 2.05) is 0 Å². The van der Waals surface area contributed by atoms with Gasteiger partial charge in [-0.15, -0.1) is 11.3 Å². The van der Waals surface area contributed by atoms with Crippen molar-refractivity contribution in [1.29, 1.82) is 0 Å². The highest BCUT2D eigenvalue weighted by atomic mass is 32.1. The molecule has 1 aliphatic rings. The van der Waals surface area contributed by atoms with E-state index in [1.54, 1.807) is 0 Å². The molecule has 6 nitrogen and oxygen atoms in total. The highest BCUT2D eigenvalue weighted by molar-refractivity contribution is 7.14. The van der Waals surface area contributed by atoms with Crippen molar-refractivity contribution < 1.29 is 36.2 Å². The van der Waals surface area contributed by atoms with Gasteiger partial charge in [-0.25, -0.2) is 22.9 Å². The number of methoxy groups -OCH3 is 1. The Morgan fingerprint density at radius 1 is 1.00 bits per heavy atom. The number of hydrogen-bond donors (Lipinski definition) is 1. The van der Waals surface area contributed by atoms with Gasteiger partial charge in [-0.05, 0) is 32.4 Å². The van der Waals surface area contributed by atoms with E-state index in [1.165, 1.54) is 7.11 Å². The molecule has 0 amide bonds. The summed E-state index contributed by atoms with van der Waals surface area (Å²) in [5.41, 5.74) is 0. The fourth-order valence-corrected chi connectivity index (χ4v) is 4.37. The number of benzene rings is 1. The Hall–Kier alpha value is -2.31. The van der Waals surface area contributed by atoms with Gasteiger partial charge in [0, 0.05) is 20.3 Å². The maximum atomic E-state index is 14.0. The Kier molecular flexibility index (Phi) is 8.98. The summed E-state index contributed by atoms with van der Waals surface area (Å²) >= 11 is 0.947. The van der Waals surface area contributed by atoms with Crippen LogP contribution in [0.4, 0.5) is 27.8 Å². The number of carbonyl (C=O) groups excluding carboxylic acids is 1. The minimum atomic E-state index is -2.33. The van der Waals surface area contributed by atoms with Gasteiger partial charge in [0.25, 0.3) is 0 Å². The van der Waals surface area contributed by atoms with Crippen LogP contribution in [0, 0.1) is 29.1 Å². The number of rotatable bonds is 9. The molecule has 0 saturated carbocycles. The molecule has 1 aromatic heterocycles. The number of hydrogen-bond acceptors (Lipinski definition) is 7. The van der Waals surface area contributed by atoms with Crippen LogP contribution < -0.4 is 10.1 Å². The number of thiazole rings is 1. The molecule has 1 saturated heterocycles. The quantitative estimate of drug-likeness (QED) is 0.134. The minimum Gasteiger partial charge on any atom is -0.416 e. The summed E-state index contributed by atoms with van der Waals surface area (Å²) in [6, 6.07) is 0. The highest BCUT2D eigenvalue weighted by Crippen LogP contribution is 2.32. The molecule has 2 heterocycles. The number of likely N-dealkylation sites (tertiary alicyclic amines) is 1. The molecule has 3 rings (SSSR count). The minimum absolute atomic E-state index is 0.120. The van der Waals surface area contributed by atoms with E-state index >= 15 is 0 Å². The van der Waals surface area contributed by atoms with E-state index in [9.17, 15) is 26.7 Å². The Morgan fingerprint density at radius 2 is 1.61 bits per heavy atom. The third-order valence-corrected chi connectivity index (χ3v) is 6.12. The first-order valence-corrected chi connectivity index (χ1v) is 11.3. The SMILES string of the molecule is COCCCNc1nc(CN2CCCCCC2)sc1C(=O)Oc1c(F)c(F)c(F)c(F)c1F. The molecule has 1 N–H and O–H groups in total. The van der Waals surface area contributed by atoms with Crippen molar-refractivity contribution in [2.45, 2.75) is 38.6 Å². The van der Waals surface area contributed by atoms with E-state index < -0.39 is 40.8 Å². The highest BCUT2D eigenvalue weighted by Gasteiger charge is 2.30. The van der Waals surface area contributed by atoms with Crippen LogP contribution in [0.2, 0.25) is 0 Å². The van der Waals surface area contributed by atoms with Crippen molar-refractivity contribution in [3.63, 3.8) is 0 Å². The predicted molar refractivity (Wildman–Crippen MR) is 112 cm³/mol. The van der Waals surface area contributed by atoms with Gasteiger partial charge in [0.1, 0.15) is 5.01 Å². The van der Waals surface area contributed by atoms with Crippen LogP contribution in [-0.4, -0.2) is 49.2 Å². The molecule has 1 aliphatic heterocycles. The number of anilines is 1. The lowest BCUT2D eigenvalue weighted by Gasteiger charge is -2.17. The lowest BCUT2D eigenvalue weighted by atomic mass is 10.2. The molecular formula is C21H24F5N3O3S. The number of aromatic nitrogens is 1. The van der Waals surface area contributed by atoms with Crippen molar-refractivity contribution in [3.05, 3.63) is 39.0 Å². The summed E-state index contributed by atoms with van der Waals surface area (Å²) in [7, 11) is 1.54. The number of nitrogens with zero attached hydrogens (tertiary/aromatic N) is 2. The summed E-state index contributed by atoms with van der Waals surface area (Å²) in [6.07, 6.45) is 4.95. The number of ether oxygens (including phenoxy) is 2. The third-order valence-electron chi connectivity index (χ3n) is 5.10. The Labute approximate surface area is 191 Å². The molecule has 182 valence electrons. The van der Waals surface area contributed by atoms with Gasteiger partial charge < -0.3 is 14.8 Å². The predicted octanol–water partition coefficient (Wildman–Crippen LogP) is 4.88. The van der Waals surface area contributed by atoms with Crippen LogP contribution >= 0.6 is 11.3 Å². The lowest BCUT2D eigenvalue weighted by molar-refractivity contribution is 0.0722. The molecule has 1 fully saturated rings. The van der Waals surface area contributed by atoms with Crippen LogP contribution in [0.1, 0.15) is 46.8 Å². The average Bonchev–Trinajstić information content (AvgIpc) is 3.02. The van der Waals surface area contributed by atoms with E-state index in [0.29, 0.717) is 31.1 Å². The van der Waals surface area contributed by atoms with E-state index in [2.05, 4.69) is 19.9 Å². The van der Waals surface area contributed by atoms with Gasteiger partial charge in [-0.1, -0.05) is 12.8 Å². The number of carbonyl (C=O) groups is 1. The molecule has 0 radical (unpaired) electrons. The van der Waals surface area contributed by atoms with Crippen molar-refractivity contribution in [3.8, 4) is 5.75 Å². The molecule has 12 heteroatoms. The zero-order valence-electron chi connectivity index (χ0n) is 18.0. The summed E-state index contributed by atoms with van der Waals surface area (Å²) in [4.78, 5) is 19.2. The first kappa shape index (κ1) is 25.3. The second kappa shape index (κ2) is 11.7. The first-order valence-electron chi connectivity index (χ1n) is 10.5. The van der Waals surface area contributed by atoms with Crippen molar-refractivity contribution in [2.24, 2.45) is 0 Å². The second-order valence-corrected chi connectivity index (χ2v) is 8.62. The number of halogens is 5. The Bertz CT molecular complexity index is 952. The lowest BCUT2D eigenvalue weighted by Crippen LogP contribution is -2.23. The van der Waals surface area contributed by atoms with Crippen LogP contribution in [0.5, 0.6) is 5.75 Å². The van der Waals surface area contributed by atoms with Crippen molar-refractivity contribution in [2.75, 3.05) is 38.7 Å². The standard InChI is InChI=1S/C21H24F5N3O3S/c1-31-10-6-7-27-20-19(33-12(28-20)11-29-8-4-2-3-5-9-29)21(30)32-18-16(25)14(23)13(22)15(24)17(18)26/h27H,2-11H2,1H3. The van der Waals surface area contributed by atoms with E-state index in [4.69, 9.17) is 4.74 Å². The summed E-state index contributed by atoms with van der Waals surface area (Å²) in [5.74, 6) is -14.0. The zero-order valence-corrected chi connectivity index (χ0v) is 18.8. The monoisotopic (exact) mass is 493 g/mol. The summed E-state index contributed by atoms with van der Waals surface area (Å²) in [5, 5.41) is 3.52. The molecular weight excluding hydrogens is 469 g/mol. The molecule has 33 heavy (non-hydrogen) atoms. The maximum Gasteiger partial charge on any atom is 0.357 e. The van der Waals surface area contributed by atoms with E-state index in [0.717, 1.165) is 50.1 Å². The van der Waals surface area contributed by atoms with Crippen LogP contribution in [0.3, 0.4) is 0 Å². The van der Waals surface area contributed by atoms with Crippen molar-refractivity contribution in [1.82, 2.24) is 9.88 Å². The molecule has 0 aliphatic carbocycles. The first-order chi connectivity index (χ1) is 15.8.